The van der Waals surface area contributed by atoms with E-state index in [0.29, 0.717) is 18.5 Å². The van der Waals surface area contributed by atoms with Crippen molar-refractivity contribution in [1.29, 1.82) is 0 Å². The molecule has 0 radical (unpaired) electrons. The molecular formula is C16H30N2O. The van der Waals surface area contributed by atoms with Crippen LogP contribution in [-0.2, 0) is 4.79 Å². The Kier molecular flexibility index (Phi) is 6.69. The topological polar surface area (TPSA) is 41.1 Å². The highest BCUT2D eigenvalue weighted by Crippen LogP contribution is 2.18. The Morgan fingerprint density at radius 3 is 1.95 bits per heavy atom. The van der Waals surface area contributed by atoms with Gasteiger partial charge in [-0.3, -0.25) is 4.79 Å². The molecule has 2 aliphatic carbocycles. The van der Waals surface area contributed by atoms with Gasteiger partial charge in [0.1, 0.15) is 0 Å². The fourth-order valence-corrected chi connectivity index (χ4v) is 3.42. The molecule has 0 heterocycles. The molecule has 2 N–H and O–H groups in total. The quantitative estimate of drug-likeness (QED) is 0.751. The van der Waals surface area contributed by atoms with Crippen molar-refractivity contribution in [1.82, 2.24) is 10.6 Å². The van der Waals surface area contributed by atoms with Crippen molar-refractivity contribution < 1.29 is 4.79 Å². The highest BCUT2D eigenvalue weighted by molar-refractivity contribution is 5.76. The van der Waals surface area contributed by atoms with E-state index in [1.54, 1.807) is 0 Å². The van der Waals surface area contributed by atoms with E-state index < -0.39 is 0 Å². The summed E-state index contributed by atoms with van der Waals surface area (Å²) in [5, 5.41) is 6.76. The molecule has 2 fully saturated rings. The summed E-state index contributed by atoms with van der Waals surface area (Å²) in [4.78, 5) is 11.9. The number of hydrogen-bond donors (Lipinski definition) is 2. The van der Waals surface area contributed by atoms with Crippen LogP contribution in [0.2, 0.25) is 0 Å². The second-order valence-electron chi connectivity index (χ2n) is 6.30. The van der Waals surface area contributed by atoms with E-state index in [1.807, 2.05) is 0 Å². The van der Waals surface area contributed by atoms with Gasteiger partial charge >= 0.3 is 0 Å². The highest BCUT2D eigenvalue weighted by Gasteiger charge is 2.15. The van der Waals surface area contributed by atoms with Crippen LogP contribution in [0.3, 0.4) is 0 Å². The van der Waals surface area contributed by atoms with Crippen molar-refractivity contribution in [2.24, 2.45) is 0 Å². The standard InChI is InChI=1S/C16H30N2O/c19-16(18-15-10-4-1-2-5-11-15)12-13-17-14-8-6-3-7-9-14/h14-15,17H,1-13H2,(H,18,19). The second kappa shape index (κ2) is 8.57. The molecule has 0 aromatic rings. The molecule has 0 saturated heterocycles. The Morgan fingerprint density at radius 1 is 0.789 bits per heavy atom. The van der Waals surface area contributed by atoms with Crippen molar-refractivity contribution >= 4 is 5.91 Å². The smallest absolute Gasteiger partial charge is 0.221 e. The lowest BCUT2D eigenvalue weighted by atomic mass is 9.95. The van der Waals surface area contributed by atoms with Crippen molar-refractivity contribution in [3.05, 3.63) is 0 Å². The Hall–Kier alpha value is -0.570. The van der Waals surface area contributed by atoms with Gasteiger partial charge in [-0.05, 0) is 25.7 Å². The fraction of sp³-hybridized carbons (Fsp3) is 0.938. The molecule has 0 aromatic carbocycles. The third-order valence-corrected chi connectivity index (χ3v) is 4.61. The average molecular weight is 266 g/mol. The summed E-state index contributed by atoms with van der Waals surface area (Å²) in [5.41, 5.74) is 0. The van der Waals surface area contributed by atoms with Crippen molar-refractivity contribution in [3.63, 3.8) is 0 Å². The minimum atomic E-state index is 0.246. The summed E-state index contributed by atoms with van der Waals surface area (Å²) in [6.45, 7) is 0.850. The molecule has 2 rings (SSSR count). The molecule has 0 unspecified atom stereocenters. The van der Waals surface area contributed by atoms with Gasteiger partial charge in [0.2, 0.25) is 5.91 Å². The molecule has 0 spiro atoms. The summed E-state index contributed by atoms with van der Waals surface area (Å²) in [5.74, 6) is 0.246. The zero-order chi connectivity index (χ0) is 13.3. The zero-order valence-electron chi connectivity index (χ0n) is 12.3. The third kappa shape index (κ3) is 5.94. The van der Waals surface area contributed by atoms with Crippen LogP contribution >= 0.6 is 0 Å². The molecule has 0 aromatic heterocycles. The lowest BCUT2D eigenvalue weighted by Gasteiger charge is -2.23. The molecule has 3 heteroatoms. The molecule has 0 aliphatic heterocycles. The van der Waals surface area contributed by atoms with Gasteiger partial charge in [0.05, 0.1) is 0 Å². The highest BCUT2D eigenvalue weighted by atomic mass is 16.1. The Bertz CT molecular complexity index is 253. The number of hydrogen-bond acceptors (Lipinski definition) is 2. The normalized spacial score (nSPS) is 22.9. The Labute approximate surface area is 117 Å². The van der Waals surface area contributed by atoms with Gasteiger partial charge in [-0.15, -0.1) is 0 Å². The summed E-state index contributed by atoms with van der Waals surface area (Å²) in [6.07, 6.45) is 14.9. The first-order valence-electron chi connectivity index (χ1n) is 8.37. The van der Waals surface area contributed by atoms with E-state index in [9.17, 15) is 4.79 Å². The molecule has 0 bridgehead atoms. The first-order chi connectivity index (χ1) is 9.34. The minimum absolute atomic E-state index is 0.246. The molecule has 2 aliphatic rings. The number of rotatable bonds is 5. The van der Waals surface area contributed by atoms with Gasteiger partial charge in [0, 0.05) is 25.0 Å². The largest absolute Gasteiger partial charge is 0.353 e. The van der Waals surface area contributed by atoms with E-state index in [2.05, 4.69) is 10.6 Å². The van der Waals surface area contributed by atoms with Crippen LogP contribution < -0.4 is 10.6 Å². The van der Waals surface area contributed by atoms with Gasteiger partial charge in [0.15, 0.2) is 0 Å². The average Bonchev–Trinajstić information content (AvgIpc) is 2.68. The van der Waals surface area contributed by atoms with E-state index in [-0.39, 0.29) is 5.91 Å². The maximum atomic E-state index is 11.9. The summed E-state index contributed by atoms with van der Waals surface area (Å²) < 4.78 is 0. The Morgan fingerprint density at radius 2 is 1.32 bits per heavy atom. The fourth-order valence-electron chi connectivity index (χ4n) is 3.42. The van der Waals surface area contributed by atoms with Crippen LogP contribution in [0.15, 0.2) is 0 Å². The predicted molar refractivity (Wildman–Crippen MR) is 79.1 cm³/mol. The molecule has 110 valence electrons. The monoisotopic (exact) mass is 266 g/mol. The van der Waals surface area contributed by atoms with Crippen molar-refractivity contribution in [2.45, 2.75) is 89.1 Å². The number of amides is 1. The van der Waals surface area contributed by atoms with E-state index in [0.717, 1.165) is 6.54 Å². The molecule has 19 heavy (non-hydrogen) atoms. The lowest BCUT2D eigenvalue weighted by molar-refractivity contribution is -0.121. The van der Waals surface area contributed by atoms with Crippen LogP contribution in [0.5, 0.6) is 0 Å². The minimum Gasteiger partial charge on any atom is -0.353 e. The SMILES string of the molecule is O=C(CCNC1CCCCC1)NC1CCCCCC1. The maximum absolute atomic E-state index is 11.9. The maximum Gasteiger partial charge on any atom is 0.221 e. The van der Waals surface area contributed by atoms with Crippen molar-refractivity contribution in [3.8, 4) is 0 Å². The van der Waals surface area contributed by atoms with Crippen LogP contribution in [0.4, 0.5) is 0 Å². The van der Waals surface area contributed by atoms with E-state index >= 15 is 0 Å². The molecule has 1 amide bonds. The third-order valence-electron chi connectivity index (χ3n) is 4.61. The van der Waals surface area contributed by atoms with Gasteiger partial charge < -0.3 is 10.6 Å². The van der Waals surface area contributed by atoms with Crippen LogP contribution in [0.25, 0.3) is 0 Å². The Balaban J connectivity index is 1.55. The molecular weight excluding hydrogens is 236 g/mol. The first kappa shape index (κ1) is 14.8. The second-order valence-corrected chi connectivity index (χ2v) is 6.30. The lowest BCUT2D eigenvalue weighted by Crippen LogP contribution is -2.38. The molecule has 0 atom stereocenters. The summed E-state index contributed by atoms with van der Waals surface area (Å²) in [7, 11) is 0. The van der Waals surface area contributed by atoms with Gasteiger partial charge in [-0.25, -0.2) is 0 Å². The van der Waals surface area contributed by atoms with Gasteiger partial charge in [0.25, 0.3) is 0 Å². The number of nitrogens with one attached hydrogen (secondary N) is 2. The zero-order valence-corrected chi connectivity index (χ0v) is 12.3. The first-order valence-corrected chi connectivity index (χ1v) is 8.37. The molecule has 2 saturated carbocycles. The van der Waals surface area contributed by atoms with E-state index in [1.165, 1.54) is 70.6 Å². The predicted octanol–water partition coefficient (Wildman–Crippen LogP) is 3.14. The van der Waals surface area contributed by atoms with Gasteiger partial charge in [-0.2, -0.15) is 0 Å². The number of carbonyl (C=O) groups is 1. The summed E-state index contributed by atoms with van der Waals surface area (Å²) >= 11 is 0. The van der Waals surface area contributed by atoms with Gasteiger partial charge in [-0.1, -0.05) is 44.9 Å². The van der Waals surface area contributed by atoms with E-state index in [4.69, 9.17) is 0 Å². The molecule has 3 nitrogen and oxygen atoms in total. The van der Waals surface area contributed by atoms with Crippen LogP contribution in [0, 0.1) is 0 Å². The van der Waals surface area contributed by atoms with Crippen molar-refractivity contribution in [2.75, 3.05) is 6.54 Å². The van der Waals surface area contributed by atoms with Crippen LogP contribution in [-0.4, -0.2) is 24.5 Å². The van der Waals surface area contributed by atoms with Crippen LogP contribution in [0.1, 0.15) is 77.0 Å². The summed E-state index contributed by atoms with van der Waals surface area (Å²) in [6, 6.07) is 1.11. The number of carbonyl (C=O) groups excluding carboxylic acids is 1.